The number of rotatable bonds is 4. The quantitative estimate of drug-likeness (QED) is 0.780. The Labute approximate surface area is 121 Å². The van der Waals surface area contributed by atoms with Crippen LogP contribution >= 0.6 is 23.2 Å². The number of Topliss-reactive ketones (excluding diaryl/α,β-unsaturated/α-hetero) is 1. The van der Waals surface area contributed by atoms with Crippen molar-refractivity contribution in [1.29, 1.82) is 0 Å². The summed E-state index contributed by atoms with van der Waals surface area (Å²) >= 11 is 12.1. The van der Waals surface area contributed by atoms with E-state index in [0.717, 1.165) is 5.56 Å². The lowest BCUT2D eigenvalue weighted by atomic mass is 10.0. The maximum atomic E-state index is 12.2. The lowest BCUT2D eigenvalue weighted by molar-refractivity contribution is 0.0993. The van der Waals surface area contributed by atoms with Crippen LogP contribution in [-0.4, -0.2) is 12.9 Å². The zero-order chi connectivity index (χ0) is 13.8. The molecule has 0 aliphatic carbocycles. The summed E-state index contributed by atoms with van der Waals surface area (Å²) in [5.41, 5.74) is 1.35. The first kappa shape index (κ1) is 13.9. The van der Waals surface area contributed by atoms with Crippen LogP contribution in [-0.2, 0) is 6.42 Å². The summed E-state index contributed by atoms with van der Waals surface area (Å²) in [6.45, 7) is 0. The summed E-state index contributed by atoms with van der Waals surface area (Å²) < 4.78 is 5.05. The minimum Gasteiger partial charge on any atom is -0.495 e. The van der Waals surface area contributed by atoms with Gasteiger partial charge >= 0.3 is 0 Å². The van der Waals surface area contributed by atoms with E-state index in [0.29, 0.717) is 27.8 Å². The smallest absolute Gasteiger partial charge is 0.168 e. The molecule has 0 aliphatic rings. The van der Waals surface area contributed by atoms with Crippen LogP contribution in [0.5, 0.6) is 5.75 Å². The molecule has 2 aromatic rings. The van der Waals surface area contributed by atoms with Gasteiger partial charge in [0.2, 0.25) is 0 Å². The fraction of sp³-hybridized carbons (Fsp3) is 0.133. The van der Waals surface area contributed by atoms with Crippen LogP contribution in [0.1, 0.15) is 15.9 Å². The molecule has 2 aromatic carbocycles. The molecule has 98 valence electrons. The van der Waals surface area contributed by atoms with Crippen LogP contribution in [0.25, 0.3) is 0 Å². The summed E-state index contributed by atoms with van der Waals surface area (Å²) in [4.78, 5) is 12.2. The van der Waals surface area contributed by atoms with Crippen molar-refractivity contribution in [2.24, 2.45) is 0 Å². The van der Waals surface area contributed by atoms with Crippen molar-refractivity contribution in [3.8, 4) is 5.75 Å². The SMILES string of the molecule is COc1cc(Cl)c(C(=O)Cc2ccccc2)cc1Cl. The van der Waals surface area contributed by atoms with Crippen LogP contribution in [0.15, 0.2) is 42.5 Å². The van der Waals surface area contributed by atoms with Gasteiger partial charge in [-0.25, -0.2) is 0 Å². The molecule has 0 N–H and O–H groups in total. The Hall–Kier alpha value is -1.51. The standard InChI is InChI=1S/C15H12Cl2O2/c1-19-15-9-12(16)11(8-13(15)17)14(18)7-10-5-3-2-4-6-10/h2-6,8-9H,7H2,1H3. The highest BCUT2D eigenvalue weighted by atomic mass is 35.5. The number of hydrogen-bond acceptors (Lipinski definition) is 2. The van der Waals surface area contributed by atoms with Crippen LogP contribution in [0.3, 0.4) is 0 Å². The Balaban J connectivity index is 2.27. The van der Waals surface area contributed by atoms with Gasteiger partial charge in [-0.15, -0.1) is 0 Å². The molecule has 0 heterocycles. The second kappa shape index (κ2) is 6.09. The number of halogens is 2. The zero-order valence-electron chi connectivity index (χ0n) is 10.3. The molecule has 4 heteroatoms. The first-order valence-corrected chi connectivity index (χ1v) is 6.47. The van der Waals surface area contributed by atoms with E-state index < -0.39 is 0 Å². The van der Waals surface area contributed by atoms with Crippen molar-refractivity contribution in [3.05, 3.63) is 63.6 Å². The average Bonchev–Trinajstić information content (AvgIpc) is 2.42. The largest absolute Gasteiger partial charge is 0.495 e. The van der Waals surface area contributed by atoms with Gasteiger partial charge in [0, 0.05) is 18.1 Å². The van der Waals surface area contributed by atoms with Crippen LogP contribution in [0.2, 0.25) is 10.0 Å². The number of methoxy groups -OCH3 is 1. The zero-order valence-corrected chi connectivity index (χ0v) is 11.8. The predicted molar refractivity (Wildman–Crippen MR) is 77.5 cm³/mol. The molecule has 0 unspecified atom stereocenters. The number of carbonyl (C=O) groups excluding carboxylic acids is 1. The van der Waals surface area contributed by atoms with Gasteiger partial charge < -0.3 is 4.74 Å². The third-order valence-corrected chi connectivity index (χ3v) is 3.36. The van der Waals surface area contributed by atoms with E-state index >= 15 is 0 Å². The molecule has 2 rings (SSSR count). The highest BCUT2D eigenvalue weighted by molar-refractivity contribution is 6.36. The van der Waals surface area contributed by atoms with E-state index in [2.05, 4.69) is 0 Å². The van der Waals surface area contributed by atoms with Gasteiger partial charge in [-0.05, 0) is 11.6 Å². The molecular formula is C15H12Cl2O2. The van der Waals surface area contributed by atoms with Crippen molar-refractivity contribution in [2.45, 2.75) is 6.42 Å². The van der Waals surface area contributed by atoms with Crippen LogP contribution in [0, 0.1) is 0 Å². The second-order valence-electron chi connectivity index (χ2n) is 4.05. The maximum absolute atomic E-state index is 12.2. The number of ether oxygens (including phenoxy) is 1. The van der Waals surface area contributed by atoms with E-state index in [4.69, 9.17) is 27.9 Å². The normalized spacial score (nSPS) is 10.3. The van der Waals surface area contributed by atoms with Crippen molar-refractivity contribution >= 4 is 29.0 Å². The van der Waals surface area contributed by atoms with Gasteiger partial charge in [0.1, 0.15) is 5.75 Å². The topological polar surface area (TPSA) is 26.3 Å². The molecule has 0 atom stereocenters. The number of hydrogen-bond donors (Lipinski definition) is 0. The highest BCUT2D eigenvalue weighted by Gasteiger charge is 2.14. The fourth-order valence-electron chi connectivity index (χ4n) is 1.78. The van der Waals surface area contributed by atoms with Crippen molar-refractivity contribution in [3.63, 3.8) is 0 Å². The third kappa shape index (κ3) is 3.28. The van der Waals surface area contributed by atoms with Gasteiger partial charge in [-0.2, -0.15) is 0 Å². The monoisotopic (exact) mass is 294 g/mol. The lowest BCUT2D eigenvalue weighted by Gasteiger charge is -2.08. The first-order chi connectivity index (χ1) is 9.11. The molecule has 0 saturated carbocycles. The van der Waals surface area contributed by atoms with Crippen LogP contribution in [0.4, 0.5) is 0 Å². The third-order valence-electron chi connectivity index (χ3n) is 2.75. The van der Waals surface area contributed by atoms with E-state index in [1.807, 2.05) is 30.3 Å². The summed E-state index contributed by atoms with van der Waals surface area (Å²) in [6.07, 6.45) is 0.295. The van der Waals surface area contributed by atoms with E-state index in [1.54, 1.807) is 12.1 Å². The predicted octanol–water partition coefficient (Wildman–Crippen LogP) is 4.43. The molecule has 19 heavy (non-hydrogen) atoms. The Bertz CT molecular complexity index is 595. The lowest BCUT2D eigenvalue weighted by Crippen LogP contribution is -2.04. The molecule has 0 bridgehead atoms. The van der Waals surface area contributed by atoms with Gasteiger partial charge in [0.15, 0.2) is 5.78 Å². The minimum atomic E-state index is -0.0687. The average molecular weight is 295 g/mol. The number of carbonyl (C=O) groups is 1. The molecule has 2 nitrogen and oxygen atoms in total. The minimum absolute atomic E-state index is 0.0687. The first-order valence-electron chi connectivity index (χ1n) is 5.72. The Morgan fingerprint density at radius 3 is 2.42 bits per heavy atom. The maximum Gasteiger partial charge on any atom is 0.168 e. The molecule has 0 aromatic heterocycles. The molecular weight excluding hydrogens is 283 g/mol. The number of ketones is 1. The van der Waals surface area contributed by atoms with Gasteiger partial charge in [0.25, 0.3) is 0 Å². The van der Waals surface area contributed by atoms with Gasteiger partial charge in [-0.3, -0.25) is 4.79 Å². The molecule has 0 radical (unpaired) electrons. The highest BCUT2D eigenvalue weighted by Crippen LogP contribution is 2.31. The molecule has 0 aliphatic heterocycles. The van der Waals surface area contributed by atoms with Crippen molar-refractivity contribution < 1.29 is 9.53 Å². The molecule has 0 spiro atoms. The molecule has 0 saturated heterocycles. The Kier molecular flexibility index (Phi) is 4.46. The van der Waals surface area contributed by atoms with Crippen LogP contribution < -0.4 is 4.74 Å². The molecule has 0 amide bonds. The summed E-state index contributed by atoms with van der Waals surface area (Å²) in [6, 6.07) is 12.6. The van der Waals surface area contributed by atoms with Gasteiger partial charge in [0.05, 0.1) is 17.2 Å². The summed E-state index contributed by atoms with van der Waals surface area (Å²) in [5, 5.41) is 0.727. The molecule has 0 fully saturated rings. The van der Waals surface area contributed by atoms with E-state index in [1.165, 1.54) is 7.11 Å². The summed E-state index contributed by atoms with van der Waals surface area (Å²) in [7, 11) is 1.50. The fourth-order valence-corrected chi connectivity index (χ4v) is 2.28. The Morgan fingerprint density at radius 2 is 1.79 bits per heavy atom. The second-order valence-corrected chi connectivity index (χ2v) is 4.87. The summed E-state index contributed by atoms with van der Waals surface area (Å²) in [5.74, 6) is 0.392. The van der Waals surface area contributed by atoms with Crippen molar-refractivity contribution in [1.82, 2.24) is 0 Å². The van der Waals surface area contributed by atoms with Crippen molar-refractivity contribution in [2.75, 3.05) is 7.11 Å². The van der Waals surface area contributed by atoms with E-state index in [-0.39, 0.29) is 5.78 Å². The number of benzene rings is 2. The van der Waals surface area contributed by atoms with E-state index in [9.17, 15) is 4.79 Å². The van der Waals surface area contributed by atoms with Gasteiger partial charge in [-0.1, -0.05) is 53.5 Å². The Morgan fingerprint density at radius 1 is 1.11 bits per heavy atom.